The van der Waals surface area contributed by atoms with Gasteiger partial charge in [0.1, 0.15) is 5.82 Å². The summed E-state index contributed by atoms with van der Waals surface area (Å²) in [6.07, 6.45) is 0. The molecular weight excluding hydrogens is 456 g/mol. The number of rotatable bonds is 8. The van der Waals surface area contributed by atoms with Gasteiger partial charge in [-0.1, -0.05) is 84.2 Å². The number of benzene rings is 3. The summed E-state index contributed by atoms with van der Waals surface area (Å²) in [6.45, 7) is 0. The molecule has 0 aliphatic rings. The summed E-state index contributed by atoms with van der Waals surface area (Å²) in [5, 5.41) is 9.56. The van der Waals surface area contributed by atoms with Crippen molar-refractivity contribution in [2.75, 3.05) is 5.75 Å². The van der Waals surface area contributed by atoms with Gasteiger partial charge >= 0.3 is 0 Å². The third kappa shape index (κ3) is 4.62. The van der Waals surface area contributed by atoms with Gasteiger partial charge in [-0.15, -0.1) is 21.5 Å². The molecule has 5 nitrogen and oxygen atoms in total. The van der Waals surface area contributed by atoms with Crippen LogP contribution in [0.5, 0.6) is 0 Å². The van der Waals surface area contributed by atoms with Crippen molar-refractivity contribution in [3.63, 3.8) is 0 Å². The number of fused-ring (bicyclic) bond motifs is 1. The molecule has 8 heteroatoms. The standard InChI is InChI=1S/C24H18N4OS3/c29-20(17-9-3-1-4-10-17)15-30-23-27-26-22(28(23)18-11-5-2-6-12-18)16-31-24-25-19-13-7-8-14-21(19)32-24/h1-14H,15-16H2. The second kappa shape index (κ2) is 9.68. The van der Waals surface area contributed by atoms with E-state index in [0.29, 0.717) is 22.2 Å². The second-order valence-electron chi connectivity index (χ2n) is 6.88. The van der Waals surface area contributed by atoms with Crippen LogP contribution < -0.4 is 0 Å². The number of para-hydroxylation sites is 2. The number of nitrogens with zero attached hydrogens (tertiary/aromatic N) is 4. The number of aromatic nitrogens is 4. The lowest BCUT2D eigenvalue weighted by atomic mass is 10.2. The van der Waals surface area contributed by atoms with Gasteiger partial charge in [0.2, 0.25) is 0 Å². The van der Waals surface area contributed by atoms with E-state index < -0.39 is 0 Å². The zero-order valence-corrected chi connectivity index (χ0v) is 19.4. The zero-order chi connectivity index (χ0) is 21.8. The smallest absolute Gasteiger partial charge is 0.196 e. The highest BCUT2D eigenvalue weighted by molar-refractivity contribution is 8.00. The SMILES string of the molecule is O=C(CSc1nnc(CSc2nc3ccccc3s2)n1-c1ccccc1)c1ccccc1. The van der Waals surface area contributed by atoms with Gasteiger partial charge in [-0.05, 0) is 24.3 Å². The van der Waals surface area contributed by atoms with Crippen molar-refractivity contribution in [3.05, 3.63) is 96.3 Å². The van der Waals surface area contributed by atoms with Crippen molar-refractivity contribution in [2.45, 2.75) is 15.2 Å². The number of Topliss-reactive ketones (excluding diaryl/α,β-unsaturated/α-hetero) is 1. The molecular formula is C24H18N4OS3. The first-order valence-electron chi connectivity index (χ1n) is 9.97. The predicted molar refractivity (Wildman–Crippen MR) is 132 cm³/mol. The van der Waals surface area contributed by atoms with Crippen molar-refractivity contribution < 1.29 is 4.79 Å². The molecule has 0 aliphatic carbocycles. The monoisotopic (exact) mass is 474 g/mol. The van der Waals surface area contributed by atoms with Gasteiger partial charge in [0.25, 0.3) is 0 Å². The highest BCUT2D eigenvalue weighted by Gasteiger charge is 2.17. The Kier molecular flexibility index (Phi) is 6.34. The molecule has 0 fully saturated rings. The fraction of sp³-hybridized carbons (Fsp3) is 0.0833. The van der Waals surface area contributed by atoms with E-state index in [1.165, 1.54) is 16.5 Å². The third-order valence-corrected chi connectivity index (χ3v) is 7.85. The van der Waals surface area contributed by atoms with E-state index >= 15 is 0 Å². The lowest BCUT2D eigenvalue weighted by molar-refractivity contribution is 0.102. The summed E-state index contributed by atoms with van der Waals surface area (Å²) in [5.41, 5.74) is 2.70. The molecule has 5 aromatic rings. The molecule has 0 bridgehead atoms. The summed E-state index contributed by atoms with van der Waals surface area (Å²) in [4.78, 5) is 17.3. The average molecular weight is 475 g/mol. The van der Waals surface area contributed by atoms with Gasteiger partial charge in [-0.3, -0.25) is 9.36 Å². The topological polar surface area (TPSA) is 60.7 Å². The first-order chi connectivity index (χ1) is 15.8. The number of carbonyl (C=O) groups excluding carboxylic acids is 1. The third-order valence-electron chi connectivity index (χ3n) is 4.74. The molecule has 5 rings (SSSR count). The van der Waals surface area contributed by atoms with E-state index in [2.05, 4.69) is 16.3 Å². The van der Waals surface area contributed by atoms with Crippen LogP contribution in [0.25, 0.3) is 15.9 Å². The van der Waals surface area contributed by atoms with Gasteiger partial charge in [-0.2, -0.15) is 0 Å². The van der Waals surface area contributed by atoms with Crippen LogP contribution in [0.4, 0.5) is 0 Å². The van der Waals surface area contributed by atoms with Crippen molar-refractivity contribution >= 4 is 50.9 Å². The number of ketones is 1. The molecule has 0 aliphatic heterocycles. The molecule has 2 aromatic heterocycles. The van der Waals surface area contributed by atoms with Gasteiger partial charge < -0.3 is 0 Å². The van der Waals surface area contributed by atoms with Crippen molar-refractivity contribution in [2.24, 2.45) is 0 Å². The molecule has 0 atom stereocenters. The van der Waals surface area contributed by atoms with Gasteiger partial charge in [0, 0.05) is 11.3 Å². The number of hydrogen-bond acceptors (Lipinski definition) is 7. The Morgan fingerprint density at radius 2 is 1.56 bits per heavy atom. The van der Waals surface area contributed by atoms with Crippen LogP contribution in [0.1, 0.15) is 16.2 Å². The lowest BCUT2D eigenvalue weighted by Crippen LogP contribution is -2.05. The summed E-state index contributed by atoms with van der Waals surface area (Å²) in [6, 6.07) is 27.5. The van der Waals surface area contributed by atoms with Gasteiger partial charge in [0.15, 0.2) is 15.3 Å². The van der Waals surface area contributed by atoms with E-state index in [4.69, 9.17) is 4.98 Å². The lowest BCUT2D eigenvalue weighted by Gasteiger charge is -2.09. The highest BCUT2D eigenvalue weighted by Crippen LogP contribution is 2.32. The first-order valence-corrected chi connectivity index (χ1v) is 12.8. The van der Waals surface area contributed by atoms with Crippen LogP contribution in [-0.4, -0.2) is 31.3 Å². The minimum absolute atomic E-state index is 0.0728. The Morgan fingerprint density at radius 1 is 0.844 bits per heavy atom. The highest BCUT2D eigenvalue weighted by atomic mass is 32.2. The van der Waals surface area contributed by atoms with Crippen molar-refractivity contribution in [1.82, 2.24) is 19.7 Å². The number of thioether (sulfide) groups is 2. The largest absolute Gasteiger partial charge is 0.293 e. The quantitative estimate of drug-likeness (QED) is 0.199. The molecule has 0 amide bonds. The predicted octanol–water partition coefficient (Wildman–Crippen LogP) is 6.14. The van der Waals surface area contributed by atoms with Gasteiger partial charge in [-0.25, -0.2) is 4.98 Å². The number of carbonyl (C=O) groups is 1. The Bertz CT molecular complexity index is 1320. The minimum atomic E-state index is 0.0728. The summed E-state index contributed by atoms with van der Waals surface area (Å²) >= 11 is 4.74. The summed E-state index contributed by atoms with van der Waals surface area (Å²) in [5.74, 6) is 1.84. The molecule has 0 N–H and O–H groups in total. The number of hydrogen-bond donors (Lipinski definition) is 0. The second-order valence-corrected chi connectivity index (χ2v) is 10.1. The average Bonchev–Trinajstić information content (AvgIpc) is 3.45. The van der Waals surface area contributed by atoms with Crippen molar-refractivity contribution in [1.29, 1.82) is 0 Å². The fourth-order valence-corrected chi connectivity index (χ4v) is 6.05. The van der Waals surface area contributed by atoms with E-state index in [-0.39, 0.29) is 5.78 Å². The molecule has 3 aromatic carbocycles. The maximum Gasteiger partial charge on any atom is 0.196 e. The Labute approximate surface area is 197 Å². The Morgan fingerprint density at radius 3 is 2.34 bits per heavy atom. The van der Waals surface area contributed by atoms with Gasteiger partial charge in [0.05, 0.1) is 21.7 Å². The molecule has 0 saturated carbocycles. The Hall–Kier alpha value is -2.94. The maximum atomic E-state index is 12.6. The fourth-order valence-electron chi connectivity index (χ4n) is 3.20. The van der Waals surface area contributed by atoms with E-state index in [1.807, 2.05) is 83.4 Å². The first kappa shape index (κ1) is 20.9. The summed E-state index contributed by atoms with van der Waals surface area (Å²) in [7, 11) is 0. The molecule has 0 radical (unpaired) electrons. The molecule has 2 heterocycles. The molecule has 0 spiro atoms. The van der Waals surface area contributed by atoms with E-state index in [1.54, 1.807) is 23.1 Å². The van der Waals surface area contributed by atoms with E-state index in [9.17, 15) is 4.79 Å². The van der Waals surface area contributed by atoms with Crippen molar-refractivity contribution in [3.8, 4) is 5.69 Å². The molecule has 158 valence electrons. The van der Waals surface area contributed by atoms with Crippen LogP contribution >= 0.6 is 34.9 Å². The van der Waals surface area contributed by atoms with Crippen LogP contribution in [0.2, 0.25) is 0 Å². The Balaban J connectivity index is 1.37. The zero-order valence-electron chi connectivity index (χ0n) is 16.9. The molecule has 0 unspecified atom stereocenters. The van der Waals surface area contributed by atoms with Crippen LogP contribution in [0.15, 0.2) is 94.4 Å². The molecule has 0 saturated heterocycles. The molecule has 32 heavy (non-hydrogen) atoms. The number of thiazole rings is 1. The van der Waals surface area contributed by atoms with Crippen LogP contribution in [-0.2, 0) is 5.75 Å². The van der Waals surface area contributed by atoms with Crippen LogP contribution in [0.3, 0.4) is 0 Å². The van der Waals surface area contributed by atoms with Crippen LogP contribution in [0, 0.1) is 0 Å². The summed E-state index contributed by atoms with van der Waals surface area (Å²) < 4.78 is 4.21. The normalized spacial score (nSPS) is 11.1. The minimum Gasteiger partial charge on any atom is -0.293 e. The van der Waals surface area contributed by atoms with E-state index in [0.717, 1.165) is 21.4 Å². The maximum absolute atomic E-state index is 12.6.